The maximum absolute atomic E-state index is 13.1. The van der Waals surface area contributed by atoms with Crippen LogP contribution in [0.3, 0.4) is 0 Å². The number of thiazole rings is 1. The Labute approximate surface area is 197 Å². The summed E-state index contributed by atoms with van der Waals surface area (Å²) < 4.78 is 1.87. The Kier molecular flexibility index (Phi) is 6.24. The lowest BCUT2D eigenvalue weighted by Gasteiger charge is -2.36. The van der Waals surface area contributed by atoms with Crippen LogP contribution in [0, 0.1) is 6.92 Å². The molecule has 0 spiro atoms. The van der Waals surface area contributed by atoms with E-state index >= 15 is 0 Å². The highest BCUT2D eigenvalue weighted by Crippen LogP contribution is 2.27. The number of hydrogen-bond acceptors (Lipinski definition) is 7. The van der Waals surface area contributed by atoms with Crippen LogP contribution in [0.1, 0.15) is 41.6 Å². The summed E-state index contributed by atoms with van der Waals surface area (Å²) in [4.78, 5) is 32.7. The minimum atomic E-state index is -0.328. The van der Waals surface area contributed by atoms with Crippen LogP contribution in [0.2, 0.25) is 0 Å². The van der Waals surface area contributed by atoms with Gasteiger partial charge in [0.2, 0.25) is 0 Å². The maximum atomic E-state index is 13.1. The molecule has 9 heteroatoms. The minimum Gasteiger partial charge on any atom is -0.338 e. The van der Waals surface area contributed by atoms with E-state index in [-0.39, 0.29) is 11.4 Å². The van der Waals surface area contributed by atoms with Crippen LogP contribution in [0.5, 0.6) is 0 Å². The zero-order valence-electron chi connectivity index (χ0n) is 19.4. The molecule has 0 aliphatic carbocycles. The van der Waals surface area contributed by atoms with Crippen molar-refractivity contribution in [3.05, 3.63) is 70.8 Å². The third-order valence-electron chi connectivity index (χ3n) is 5.29. The standard InChI is InChI=1S/C24H27N7OS/c1-16-8-17(19-9-21(27-13-26-19)29-22-12-30(5)14-28-22)6-7-18(16)11-31(24(2,3)4)23(32)20-10-25-15-33-20/h6-10,12-15H,11H2,1-5H3,(H,26,27,29). The van der Waals surface area contributed by atoms with Gasteiger partial charge in [-0.25, -0.2) is 15.0 Å². The zero-order chi connectivity index (χ0) is 23.6. The second-order valence-electron chi connectivity index (χ2n) is 8.91. The fourth-order valence-corrected chi connectivity index (χ4v) is 4.03. The molecule has 0 unspecified atom stereocenters. The maximum Gasteiger partial charge on any atom is 0.266 e. The van der Waals surface area contributed by atoms with Crippen molar-refractivity contribution in [3.8, 4) is 11.3 Å². The van der Waals surface area contributed by atoms with Crippen molar-refractivity contribution in [2.75, 3.05) is 5.32 Å². The number of hydrogen-bond donors (Lipinski definition) is 1. The Balaban J connectivity index is 1.56. The topological polar surface area (TPSA) is 88.8 Å². The van der Waals surface area contributed by atoms with Crippen LogP contribution >= 0.6 is 11.3 Å². The molecule has 0 atom stereocenters. The van der Waals surface area contributed by atoms with E-state index in [0.717, 1.165) is 28.2 Å². The normalized spacial score (nSPS) is 11.4. The summed E-state index contributed by atoms with van der Waals surface area (Å²) in [6.07, 6.45) is 6.79. The van der Waals surface area contributed by atoms with Crippen LogP contribution in [-0.4, -0.2) is 40.8 Å². The first-order valence-corrected chi connectivity index (χ1v) is 11.5. The number of aromatic nitrogens is 5. The van der Waals surface area contributed by atoms with Crippen molar-refractivity contribution in [2.45, 2.75) is 39.8 Å². The lowest BCUT2D eigenvalue weighted by Crippen LogP contribution is -2.44. The van der Waals surface area contributed by atoms with Crippen LogP contribution in [0.25, 0.3) is 11.3 Å². The lowest BCUT2D eigenvalue weighted by atomic mass is 9.99. The van der Waals surface area contributed by atoms with Crippen molar-refractivity contribution in [3.63, 3.8) is 0 Å². The summed E-state index contributed by atoms with van der Waals surface area (Å²) in [5, 5.41) is 3.20. The zero-order valence-corrected chi connectivity index (χ0v) is 20.2. The second kappa shape index (κ2) is 9.11. The van der Waals surface area contributed by atoms with E-state index in [1.165, 1.54) is 11.3 Å². The summed E-state index contributed by atoms with van der Waals surface area (Å²) in [5.74, 6) is 1.39. The SMILES string of the molecule is Cc1cc(-c2cc(Nc3cn(C)cn3)ncn2)ccc1CN(C(=O)c1cncs1)C(C)(C)C. The van der Waals surface area contributed by atoms with Crippen LogP contribution in [0.15, 0.2) is 54.8 Å². The first-order chi connectivity index (χ1) is 15.7. The van der Waals surface area contributed by atoms with Gasteiger partial charge >= 0.3 is 0 Å². The Bertz CT molecular complexity index is 1260. The minimum absolute atomic E-state index is 0.00508. The molecule has 1 N–H and O–H groups in total. The monoisotopic (exact) mass is 461 g/mol. The van der Waals surface area contributed by atoms with Crippen molar-refractivity contribution in [1.29, 1.82) is 0 Å². The first kappa shape index (κ1) is 22.6. The number of amides is 1. The molecule has 4 aromatic rings. The van der Waals surface area contributed by atoms with E-state index in [2.05, 4.69) is 44.3 Å². The summed E-state index contributed by atoms with van der Waals surface area (Å²) in [6.45, 7) is 8.72. The summed E-state index contributed by atoms with van der Waals surface area (Å²) in [6, 6.07) is 8.10. The molecule has 4 rings (SSSR count). The van der Waals surface area contributed by atoms with Crippen molar-refractivity contribution in [2.24, 2.45) is 7.05 Å². The number of imidazole rings is 1. The molecule has 8 nitrogen and oxygen atoms in total. The van der Waals surface area contributed by atoms with E-state index in [4.69, 9.17) is 0 Å². The summed E-state index contributed by atoms with van der Waals surface area (Å²) >= 11 is 1.36. The smallest absolute Gasteiger partial charge is 0.266 e. The molecule has 1 aromatic carbocycles. The number of nitrogens with zero attached hydrogens (tertiary/aromatic N) is 6. The number of aryl methyl sites for hydroxylation is 2. The third-order valence-corrected chi connectivity index (χ3v) is 6.05. The number of nitrogens with one attached hydrogen (secondary N) is 1. The molecular weight excluding hydrogens is 434 g/mol. The third kappa shape index (κ3) is 5.25. The molecule has 0 radical (unpaired) electrons. The second-order valence-corrected chi connectivity index (χ2v) is 9.79. The molecule has 0 aliphatic heterocycles. The van der Waals surface area contributed by atoms with E-state index in [0.29, 0.717) is 17.2 Å². The Hall–Kier alpha value is -3.59. The molecule has 0 aliphatic rings. The van der Waals surface area contributed by atoms with Gasteiger partial charge in [-0.05, 0) is 44.9 Å². The van der Waals surface area contributed by atoms with Crippen LogP contribution in [-0.2, 0) is 13.6 Å². The molecule has 0 bridgehead atoms. The summed E-state index contributed by atoms with van der Waals surface area (Å²) in [5.41, 5.74) is 5.34. The molecule has 1 amide bonds. The predicted octanol–water partition coefficient (Wildman–Crippen LogP) is 4.83. The average molecular weight is 462 g/mol. The molecular formula is C24H27N7OS. The van der Waals surface area contributed by atoms with Gasteiger partial charge in [-0.1, -0.05) is 12.1 Å². The molecule has 3 aromatic heterocycles. The lowest BCUT2D eigenvalue weighted by molar-refractivity contribution is 0.0563. The number of rotatable bonds is 6. The van der Waals surface area contributed by atoms with E-state index < -0.39 is 0 Å². The van der Waals surface area contributed by atoms with E-state index in [1.807, 2.05) is 55.6 Å². The highest BCUT2D eigenvalue weighted by atomic mass is 32.1. The van der Waals surface area contributed by atoms with E-state index in [9.17, 15) is 4.79 Å². The quantitative estimate of drug-likeness (QED) is 0.443. The predicted molar refractivity (Wildman–Crippen MR) is 130 cm³/mol. The summed E-state index contributed by atoms with van der Waals surface area (Å²) in [7, 11) is 1.92. The number of anilines is 2. The van der Waals surface area contributed by atoms with Gasteiger partial charge in [-0.15, -0.1) is 11.3 Å². The largest absolute Gasteiger partial charge is 0.338 e. The Morgan fingerprint density at radius 1 is 1.15 bits per heavy atom. The van der Waals surface area contributed by atoms with Crippen molar-refractivity contribution in [1.82, 2.24) is 29.4 Å². The van der Waals surface area contributed by atoms with Gasteiger partial charge in [-0.2, -0.15) is 0 Å². The van der Waals surface area contributed by atoms with Crippen LogP contribution in [0.4, 0.5) is 11.6 Å². The molecule has 0 saturated heterocycles. The molecule has 33 heavy (non-hydrogen) atoms. The number of carbonyl (C=O) groups excluding carboxylic acids is 1. The number of carbonyl (C=O) groups is 1. The molecule has 0 saturated carbocycles. The highest BCUT2D eigenvalue weighted by Gasteiger charge is 2.28. The first-order valence-electron chi connectivity index (χ1n) is 10.6. The van der Waals surface area contributed by atoms with Gasteiger partial charge < -0.3 is 14.8 Å². The number of benzene rings is 1. The van der Waals surface area contributed by atoms with Gasteiger partial charge in [-0.3, -0.25) is 9.78 Å². The van der Waals surface area contributed by atoms with Gasteiger partial charge in [0.15, 0.2) is 0 Å². The highest BCUT2D eigenvalue weighted by molar-refractivity contribution is 7.11. The van der Waals surface area contributed by atoms with Crippen molar-refractivity contribution >= 4 is 28.9 Å². The van der Waals surface area contributed by atoms with Gasteiger partial charge in [0.25, 0.3) is 5.91 Å². The Morgan fingerprint density at radius 2 is 1.97 bits per heavy atom. The van der Waals surface area contributed by atoms with Gasteiger partial charge in [0, 0.05) is 37.0 Å². The fourth-order valence-electron chi connectivity index (χ4n) is 3.46. The van der Waals surface area contributed by atoms with Gasteiger partial charge in [0.1, 0.15) is 22.8 Å². The molecule has 0 fully saturated rings. The molecule has 170 valence electrons. The fraction of sp³-hybridized carbons (Fsp3) is 0.292. The van der Waals surface area contributed by atoms with Crippen molar-refractivity contribution < 1.29 is 4.79 Å². The molecule has 3 heterocycles. The Morgan fingerprint density at radius 3 is 2.61 bits per heavy atom. The average Bonchev–Trinajstić information content (AvgIpc) is 3.44. The van der Waals surface area contributed by atoms with E-state index in [1.54, 1.807) is 24.4 Å². The van der Waals surface area contributed by atoms with Crippen LogP contribution < -0.4 is 5.32 Å². The van der Waals surface area contributed by atoms with Gasteiger partial charge in [0.05, 0.1) is 23.7 Å².